The number of carboxylic acids is 1. The van der Waals surface area contributed by atoms with E-state index in [9.17, 15) is 27.2 Å². The molecule has 1 atom stereocenters. The fourth-order valence-electron chi connectivity index (χ4n) is 2.03. The molecule has 0 saturated carbocycles. The molecule has 0 aromatic carbocycles. The van der Waals surface area contributed by atoms with Crippen LogP contribution in [0.4, 0.5) is 17.6 Å². The summed E-state index contributed by atoms with van der Waals surface area (Å²) in [6, 6.07) is 0. The second-order valence-corrected chi connectivity index (χ2v) is 4.69. The predicted molar refractivity (Wildman–Crippen MR) is 65.0 cm³/mol. The van der Waals surface area contributed by atoms with Gasteiger partial charge in [0.1, 0.15) is 0 Å². The van der Waals surface area contributed by atoms with Crippen molar-refractivity contribution in [3.63, 3.8) is 0 Å². The van der Waals surface area contributed by atoms with E-state index in [1.807, 2.05) is 0 Å². The molecular weight excluding hydrogens is 296 g/mol. The molecule has 5 nitrogen and oxygen atoms in total. The Labute approximate surface area is 117 Å². The van der Waals surface area contributed by atoms with Gasteiger partial charge in [0.05, 0.1) is 12.5 Å². The Kier molecular flexibility index (Phi) is 4.75. The van der Waals surface area contributed by atoms with Crippen LogP contribution in [0.25, 0.3) is 0 Å². The zero-order valence-electron chi connectivity index (χ0n) is 11.5. The Morgan fingerprint density at radius 1 is 1.38 bits per heavy atom. The van der Waals surface area contributed by atoms with Crippen molar-refractivity contribution in [1.29, 1.82) is 0 Å². The first-order valence-electron chi connectivity index (χ1n) is 5.95. The van der Waals surface area contributed by atoms with E-state index in [4.69, 9.17) is 5.11 Å². The summed E-state index contributed by atoms with van der Waals surface area (Å²) in [6.07, 6.45) is -3.94. The van der Waals surface area contributed by atoms with Crippen molar-refractivity contribution in [2.45, 2.75) is 45.6 Å². The number of carboxylic acid groups (broad SMARTS) is 1. The molecule has 0 fully saturated rings. The van der Waals surface area contributed by atoms with Crippen molar-refractivity contribution in [3.8, 4) is 0 Å². The molecule has 1 heterocycles. The van der Waals surface area contributed by atoms with Crippen LogP contribution in [-0.2, 0) is 11.3 Å². The summed E-state index contributed by atoms with van der Waals surface area (Å²) in [5.74, 6) is -6.76. The molecule has 1 aromatic heterocycles. The quantitative estimate of drug-likeness (QED) is 0.844. The van der Waals surface area contributed by atoms with Crippen LogP contribution in [-0.4, -0.2) is 33.0 Å². The standard InChI is InChI=1S/C12H14F4N2O3/c1-5(9(19)20)8-6(2)17-11(21)18(7(8)3)4-12(15,16)10(13)14/h5,10H,4H2,1-3H3,(H,19,20). The molecule has 0 spiro atoms. The maximum absolute atomic E-state index is 13.1. The Morgan fingerprint density at radius 2 is 1.90 bits per heavy atom. The van der Waals surface area contributed by atoms with Crippen molar-refractivity contribution < 1.29 is 27.5 Å². The monoisotopic (exact) mass is 310 g/mol. The molecule has 1 N–H and O–H groups in total. The zero-order valence-corrected chi connectivity index (χ0v) is 11.5. The third-order valence-corrected chi connectivity index (χ3v) is 3.17. The van der Waals surface area contributed by atoms with Crippen LogP contribution < -0.4 is 5.69 Å². The highest BCUT2D eigenvalue weighted by Crippen LogP contribution is 2.27. The topological polar surface area (TPSA) is 72.2 Å². The number of alkyl halides is 4. The number of aromatic nitrogens is 2. The van der Waals surface area contributed by atoms with Gasteiger partial charge in [0, 0.05) is 17.0 Å². The molecule has 9 heteroatoms. The van der Waals surface area contributed by atoms with Crippen molar-refractivity contribution in [2.24, 2.45) is 0 Å². The minimum Gasteiger partial charge on any atom is -0.481 e. The average Bonchev–Trinajstić information content (AvgIpc) is 2.33. The summed E-state index contributed by atoms with van der Waals surface area (Å²) in [7, 11) is 0. The lowest BCUT2D eigenvalue weighted by atomic mass is 9.98. The van der Waals surface area contributed by atoms with Crippen LogP contribution in [0.5, 0.6) is 0 Å². The van der Waals surface area contributed by atoms with Gasteiger partial charge in [0.2, 0.25) is 0 Å². The van der Waals surface area contributed by atoms with Crippen LogP contribution in [0, 0.1) is 13.8 Å². The third kappa shape index (κ3) is 3.40. The smallest absolute Gasteiger partial charge is 0.348 e. The molecule has 0 aliphatic carbocycles. The maximum atomic E-state index is 13.1. The number of hydrogen-bond donors (Lipinski definition) is 1. The molecule has 1 aromatic rings. The number of rotatable bonds is 5. The Morgan fingerprint density at radius 3 is 2.33 bits per heavy atom. The van der Waals surface area contributed by atoms with E-state index >= 15 is 0 Å². The summed E-state index contributed by atoms with van der Waals surface area (Å²) in [5, 5.41) is 8.98. The van der Waals surface area contributed by atoms with Gasteiger partial charge < -0.3 is 5.11 Å². The van der Waals surface area contributed by atoms with Crippen molar-refractivity contribution >= 4 is 5.97 Å². The van der Waals surface area contributed by atoms with E-state index in [1.165, 1.54) is 20.8 Å². The summed E-state index contributed by atoms with van der Waals surface area (Å²) >= 11 is 0. The normalized spacial score (nSPS) is 13.5. The van der Waals surface area contributed by atoms with Crippen molar-refractivity contribution in [2.75, 3.05) is 0 Å². The average molecular weight is 310 g/mol. The number of aliphatic carboxylic acids is 1. The molecule has 1 rings (SSSR count). The maximum Gasteiger partial charge on any atom is 0.348 e. The molecular formula is C12H14F4N2O3. The molecule has 0 aliphatic rings. The molecule has 0 saturated heterocycles. The zero-order chi connectivity index (χ0) is 16.5. The van der Waals surface area contributed by atoms with Crippen molar-refractivity contribution in [3.05, 3.63) is 27.4 Å². The van der Waals surface area contributed by atoms with Gasteiger partial charge >= 0.3 is 24.0 Å². The van der Waals surface area contributed by atoms with Gasteiger partial charge in [-0.05, 0) is 20.8 Å². The molecule has 118 valence electrons. The molecule has 21 heavy (non-hydrogen) atoms. The lowest BCUT2D eigenvalue weighted by Crippen LogP contribution is -2.39. The van der Waals surface area contributed by atoms with Crippen LogP contribution >= 0.6 is 0 Å². The Bertz CT molecular complexity index is 613. The third-order valence-electron chi connectivity index (χ3n) is 3.17. The summed E-state index contributed by atoms with van der Waals surface area (Å²) in [6.45, 7) is 2.33. The highest BCUT2D eigenvalue weighted by molar-refractivity contribution is 5.76. The predicted octanol–water partition coefficient (Wildman–Crippen LogP) is 1.95. The van der Waals surface area contributed by atoms with E-state index in [0.717, 1.165) is 0 Å². The summed E-state index contributed by atoms with van der Waals surface area (Å²) < 4.78 is 51.1. The summed E-state index contributed by atoms with van der Waals surface area (Å²) in [4.78, 5) is 26.1. The van der Waals surface area contributed by atoms with Crippen LogP contribution in [0.1, 0.15) is 29.8 Å². The van der Waals surface area contributed by atoms with Crippen LogP contribution in [0.3, 0.4) is 0 Å². The molecule has 1 unspecified atom stereocenters. The largest absolute Gasteiger partial charge is 0.481 e. The van der Waals surface area contributed by atoms with E-state index < -0.39 is 36.5 Å². The first-order chi connectivity index (χ1) is 9.49. The van der Waals surface area contributed by atoms with E-state index in [-0.39, 0.29) is 17.0 Å². The number of hydrogen-bond acceptors (Lipinski definition) is 3. The minimum absolute atomic E-state index is 0.0622. The van der Waals surface area contributed by atoms with Crippen LogP contribution in [0.15, 0.2) is 4.79 Å². The molecule has 0 aliphatic heterocycles. The first-order valence-corrected chi connectivity index (χ1v) is 5.95. The fourth-order valence-corrected chi connectivity index (χ4v) is 2.03. The van der Waals surface area contributed by atoms with E-state index in [2.05, 4.69) is 4.98 Å². The number of aryl methyl sites for hydroxylation is 1. The minimum atomic E-state index is -4.41. The number of carbonyl (C=O) groups is 1. The van der Waals surface area contributed by atoms with Gasteiger partial charge in [-0.15, -0.1) is 0 Å². The Balaban J connectivity index is 3.45. The van der Waals surface area contributed by atoms with Gasteiger partial charge in [-0.25, -0.2) is 13.6 Å². The van der Waals surface area contributed by atoms with E-state index in [1.54, 1.807) is 0 Å². The molecule has 0 bridgehead atoms. The van der Waals surface area contributed by atoms with Gasteiger partial charge in [0.15, 0.2) is 0 Å². The van der Waals surface area contributed by atoms with Crippen LogP contribution in [0.2, 0.25) is 0 Å². The fraction of sp³-hybridized carbons (Fsp3) is 0.583. The second kappa shape index (κ2) is 5.82. The molecule has 0 amide bonds. The van der Waals surface area contributed by atoms with Gasteiger partial charge in [0.25, 0.3) is 0 Å². The highest BCUT2D eigenvalue weighted by Gasteiger charge is 2.42. The molecule has 0 radical (unpaired) electrons. The first kappa shape index (κ1) is 17.1. The van der Waals surface area contributed by atoms with Gasteiger partial charge in [-0.3, -0.25) is 9.36 Å². The van der Waals surface area contributed by atoms with Gasteiger partial charge in [-0.1, -0.05) is 0 Å². The van der Waals surface area contributed by atoms with E-state index in [0.29, 0.717) is 4.57 Å². The lowest BCUT2D eigenvalue weighted by molar-refractivity contribution is -0.139. The van der Waals surface area contributed by atoms with Gasteiger partial charge in [-0.2, -0.15) is 13.8 Å². The number of nitrogens with zero attached hydrogens (tertiary/aromatic N) is 2. The summed E-state index contributed by atoms with van der Waals surface area (Å²) in [5.41, 5.74) is -1.09. The Hall–Kier alpha value is -1.93. The second-order valence-electron chi connectivity index (χ2n) is 4.69. The van der Waals surface area contributed by atoms with Crippen molar-refractivity contribution in [1.82, 2.24) is 9.55 Å². The SMILES string of the molecule is Cc1nc(=O)n(CC(F)(F)C(F)F)c(C)c1C(C)C(=O)O. The highest BCUT2D eigenvalue weighted by atomic mass is 19.3. The lowest BCUT2D eigenvalue weighted by Gasteiger charge is -2.21. The number of halogens is 4.